The molecule has 62 heavy (non-hydrogen) atoms. The number of ether oxygens (including phenoxy) is 6. The van der Waals surface area contributed by atoms with E-state index in [0.29, 0.717) is 39.6 Å². The Bertz CT molecular complexity index is 1420. The number of hydrogen-bond acceptors (Lipinski definition) is 6. The number of rotatable bonds is 36. The SMILES string of the molecule is CCCCCCOc1cc2c3cc(OCCCCCC)c(OCCCCCC)cc3c3cc(OCCCCCC)c(OCCCCCC)cc3c2cc1OCCCCCC.ClI. The first-order valence-corrected chi connectivity index (χ1v) is 27.8. The van der Waals surface area contributed by atoms with Crippen molar-refractivity contribution in [3.63, 3.8) is 0 Å². The van der Waals surface area contributed by atoms with E-state index in [1.165, 1.54) is 77.0 Å². The second-order valence-electron chi connectivity index (χ2n) is 17.0. The molecule has 8 heteroatoms. The van der Waals surface area contributed by atoms with Gasteiger partial charge in [-0.2, -0.15) is 0 Å². The summed E-state index contributed by atoms with van der Waals surface area (Å²) in [6.45, 7) is 17.5. The molecule has 0 aromatic heterocycles. The van der Waals surface area contributed by atoms with Crippen molar-refractivity contribution in [1.82, 2.24) is 0 Å². The van der Waals surface area contributed by atoms with E-state index in [9.17, 15) is 0 Å². The van der Waals surface area contributed by atoms with Crippen LogP contribution in [0.15, 0.2) is 36.4 Å². The van der Waals surface area contributed by atoms with Crippen LogP contribution in [0.2, 0.25) is 0 Å². The fraction of sp³-hybridized carbons (Fsp3) is 0.667. The predicted octanol–water partition coefficient (Wildman–Crippen LogP) is 18.5. The van der Waals surface area contributed by atoms with Gasteiger partial charge in [-0.3, -0.25) is 0 Å². The Morgan fingerprint density at radius 3 is 0.532 bits per heavy atom. The van der Waals surface area contributed by atoms with E-state index in [1.807, 2.05) is 0 Å². The average Bonchev–Trinajstić information content (AvgIpc) is 3.29. The summed E-state index contributed by atoms with van der Waals surface area (Å²) in [6, 6.07) is 13.4. The van der Waals surface area contributed by atoms with Gasteiger partial charge in [0.05, 0.1) is 39.6 Å². The van der Waals surface area contributed by atoms with E-state index in [0.717, 1.165) is 144 Å². The van der Waals surface area contributed by atoms with Crippen molar-refractivity contribution < 1.29 is 28.4 Å². The molecule has 0 fully saturated rings. The first-order valence-electron chi connectivity index (χ1n) is 25.1. The second kappa shape index (κ2) is 33.9. The molecule has 0 saturated carbocycles. The Morgan fingerprint density at radius 1 is 0.258 bits per heavy atom. The summed E-state index contributed by atoms with van der Waals surface area (Å²) in [5.41, 5.74) is 0. The third kappa shape index (κ3) is 18.5. The van der Waals surface area contributed by atoms with E-state index >= 15 is 0 Å². The molecule has 0 spiro atoms. The number of hydrogen-bond donors (Lipinski definition) is 0. The maximum atomic E-state index is 6.65. The minimum atomic E-state index is 0.667. The zero-order valence-electron chi connectivity index (χ0n) is 39.9. The van der Waals surface area contributed by atoms with Crippen molar-refractivity contribution in [1.29, 1.82) is 0 Å². The van der Waals surface area contributed by atoms with Crippen molar-refractivity contribution in [2.75, 3.05) is 39.6 Å². The summed E-state index contributed by atoms with van der Waals surface area (Å²) >= 11 is 1.62. The van der Waals surface area contributed by atoms with Crippen LogP contribution in [0.5, 0.6) is 34.5 Å². The van der Waals surface area contributed by atoms with Crippen LogP contribution >= 0.6 is 30.4 Å². The van der Waals surface area contributed by atoms with Gasteiger partial charge in [0.2, 0.25) is 0 Å². The molecule has 4 aromatic carbocycles. The van der Waals surface area contributed by atoms with Gasteiger partial charge < -0.3 is 28.4 Å². The Balaban J connectivity index is 0.00000504. The molecule has 0 aliphatic heterocycles. The molecule has 0 amide bonds. The third-order valence-electron chi connectivity index (χ3n) is 11.7. The van der Waals surface area contributed by atoms with Crippen LogP contribution in [0.3, 0.4) is 0 Å². The van der Waals surface area contributed by atoms with E-state index in [1.54, 1.807) is 21.5 Å². The molecule has 0 heterocycles. The van der Waals surface area contributed by atoms with Crippen molar-refractivity contribution in [3.05, 3.63) is 36.4 Å². The summed E-state index contributed by atoms with van der Waals surface area (Å²) in [5.74, 6) is 4.88. The number of benzene rings is 4. The van der Waals surface area contributed by atoms with Gasteiger partial charge in [0.25, 0.3) is 0 Å². The first kappa shape index (κ1) is 53.8. The Morgan fingerprint density at radius 2 is 0.403 bits per heavy atom. The number of fused-ring (bicyclic) bond motifs is 6. The summed E-state index contributed by atoms with van der Waals surface area (Å²) in [7, 11) is 4.61. The molecule has 350 valence electrons. The van der Waals surface area contributed by atoms with Gasteiger partial charge in [0.15, 0.2) is 34.5 Å². The van der Waals surface area contributed by atoms with Crippen LogP contribution in [0.1, 0.15) is 196 Å². The molecule has 0 radical (unpaired) electrons. The maximum absolute atomic E-state index is 6.65. The fourth-order valence-electron chi connectivity index (χ4n) is 7.96. The van der Waals surface area contributed by atoms with Crippen molar-refractivity contribution >= 4 is 62.7 Å². The van der Waals surface area contributed by atoms with E-state index in [2.05, 4.69) is 86.8 Å². The Hall–Kier alpha value is -2.52. The first-order chi connectivity index (χ1) is 30.6. The van der Waals surface area contributed by atoms with E-state index in [4.69, 9.17) is 28.4 Å². The largest absolute Gasteiger partial charge is 0.490 e. The highest BCUT2D eigenvalue weighted by Crippen LogP contribution is 2.47. The second-order valence-corrected chi connectivity index (χ2v) is 17.0. The zero-order valence-corrected chi connectivity index (χ0v) is 42.8. The fourth-order valence-corrected chi connectivity index (χ4v) is 7.96. The van der Waals surface area contributed by atoms with Gasteiger partial charge in [0.1, 0.15) is 0 Å². The van der Waals surface area contributed by atoms with Crippen molar-refractivity contribution in [2.24, 2.45) is 0 Å². The molecular weight excluding hydrogens is 907 g/mol. The molecule has 0 atom stereocenters. The zero-order chi connectivity index (χ0) is 44.6. The van der Waals surface area contributed by atoms with Crippen LogP contribution in [0.4, 0.5) is 0 Å². The Kier molecular flexibility index (Phi) is 29.4. The quantitative estimate of drug-likeness (QED) is 0.0257. The highest BCUT2D eigenvalue weighted by atomic mass is 127. The minimum Gasteiger partial charge on any atom is -0.490 e. The van der Waals surface area contributed by atoms with E-state index in [-0.39, 0.29) is 0 Å². The third-order valence-corrected chi connectivity index (χ3v) is 11.7. The summed E-state index contributed by atoms with van der Waals surface area (Å²) in [6.07, 6.45) is 27.6. The number of unbranched alkanes of at least 4 members (excludes halogenated alkanes) is 18. The predicted molar refractivity (Wildman–Crippen MR) is 277 cm³/mol. The minimum absolute atomic E-state index is 0.667. The van der Waals surface area contributed by atoms with Gasteiger partial charge in [-0.25, -0.2) is 0 Å². The van der Waals surface area contributed by atoms with E-state index < -0.39 is 0 Å². The average molecular weight is 992 g/mol. The van der Waals surface area contributed by atoms with Crippen LogP contribution in [-0.2, 0) is 0 Å². The summed E-state index contributed by atoms with van der Waals surface area (Å²) in [5, 5.41) is 6.70. The molecular formula is C54H84ClIO6. The lowest BCUT2D eigenvalue weighted by atomic mass is 9.93. The molecule has 0 aliphatic rings. The summed E-state index contributed by atoms with van der Waals surface area (Å²) in [4.78, 5) is 0. The van der Waals surface area contributed by atoms with Crippen LogP contribution in [0.25, 0.3) is 32.3 Å². The molecule has 0 aliphatic carbocycles. The summed E-state index contributed by atoms with van der Waals surface area (Å²) < 4.78 is 39.9. The lowest BCUT2D eigenvalue weighted by molar-refractivity contribution is 0.259. The van der Waals surface area contributed by atoms with Gasteiger partial charge in [0, 0.05) is 21.5 Å². The number of halogens is 2. The maximum Gasteiger partial charge on any atom is 0.161 e. The van der Waals surface area contributed by atoms with Crippen LogP contribution in [-0.4, -0.2) is 39.6 Å². The normalized spacial score (nSPS) is 11.2. The molecule has 0 bridgehead atoms. The highest BCUT2D eigenvalue weighted by molar-refractivity contribution is 14.1. The van der Waals surface area contributed by atoms with Gasteiger partial charge in [-0.1, -0.05) is 157 Å². The van der Waals surface area contributed by atoms with Gasteiger partial charge in [-0.15, -0.1) is 0 Å². The smallest absolute Gasteiger partial charge is 0.161 e. The molecule has 4 aromatic rings. The van der Waals surface area contributed by atoms with Crippen molar-refractivity contribution in [3.8, 4) is 34.5 Å². The lowest BCUT2D eigenvalue weighted by Crippen LogP contribution is -2.05. The monoisotopic (exact) mass is 991 g/mol. The topological polar surface area (TPSA) is 55.4 Å². The van der Waals surface area contributed by atoms with Crippen LogP contribution < -0.4 is 28.4 Å². The highest BCUT2D eigenvalue weighted by Gasteiger charge is 2.21. The molecule has 6 nitrogen and oxygen atoms in total. The Labute approximate surface area is 395 Å². The van der Waals surface area contributed by atoms with Crippen LogP contribution in [0, 0.1) is 0 Å². The molecule has 0 saturated heterocycles. The molecule has 0 unspecified atom stereocenters. The van der Waals surface area contributed by atoms with Gasteiger partial charge >= 0.3 is 0 Å². The van der Waals surface area contributed by atoms with Crippen molar-refractivity contribution in [2.45, 2.75) is 196 Å². The van der Waals surface area contributed by atoms with Gasteiger partial charge in [-0.05, 0) is 116 Å². The molecule has 0 N–H and O–H groups in total. The standard InChI is InChI=1S/C54H84O6.ClI/c1-7-13-19-25-31-55-49-37-43-44(38-50(49)56-32-26-20-14-8-2)46-40-52(58-34-28-22-16-10-4)54(60-36-30-24-18-12-6)42-48(46)47-41-53(59-35-29-23-17-11-5)51(39-45(43)47)57-33-27-21-15-9-3;1-2/h37-42H,7-36H2,1-6H3;. The lowest BCUT2D eigenvalue weighted by Gasteiger charge is -2.21. The molecule has 4 rings (SSSR count).